The molecule has 2 heterocycles. The van der Waals surface area contributed by atoms with Gasteiger partial charge in [0.25, 0.3) is 5.91 Å². The van der Waals surface area contributed by atoms with E-state index in [9.17, 15) is 18.0 Å². The van der Waals surface area contributed by atoms with Crippen LogP contribution in [0.15, 0.2) is 18.3 Å². The zero-order valence-corrected chi connectivity index (χ0v) is 11.2. The fourth-order valence-corrected chi connectivity index (χ4v) is 2.00. The van der Waals surface area contributed by atoms with E-state index in [2.05, 4.69) is 20.4 Å². The van der Waals surface area contributed by atoms with Crippen LogP contribution in [0.1, 0.15) is 23.2 Å². The van der Waals surface area contributed by atoms with E-state index in [1.165, 1.54) is 18.3 Å². The van der Waals surface area contributed by atoms with Gasteiger partial charge < -0.3 is 15.4 Å². The second-order valence-corrected chi connectivity index (χ2v) is 4.81. The summed E-state index contributed by atoms with van der Waals surface area (Å²) in [6.45, 7) is 0.254. The van der Waals surface area contributed by atoms with E-state index in [1.54, 1.807) is 0 Å². The smallest absolute Gasteiger partial charge is 0.422 e. The molecule has 0 spiro atoms. The second kappa shape index (κ2) is 6.75. The lowest BCUT2D eigenvalue weighted by atomic mass is 10.1. The quantitative estimate of drug-likeness (QED) is 0.885. The maximum Gasteiger partial charge on any atom is 0.422 e. The van der Waals surface area contributed by atoms with Crippen LogP contribution in [0, 0.1) is 0 Å². The van der Waals surface area contributed by atoms with Gasteiger partial charge in [0.05, 0.1) is 5.56 Å². The number of carbonyl (C=O) groups is 1. The number of piperidine rings is 1. The Kier molecular flexibility index (Phi) is 5.00. The summed E-state index contributed by atoms with van der Waals surface area (Å²) in [7, 11) is 0. The molecule has 1 atom stereocenters. The van der Waals surface area contributed by atoms with E-state index in [4.69, 9.17) is 0 Å². The van der Waals surface area contributed by atoms with E-state index < -0.39 is 12.8 Å². The maximum atomic E-state index is 12.0. The molecule has 2 rings (SSSR count). The van der Waals surface area contributed by atoms with Gasteiger partial charge in [0.15, 0.2) is 6.61 Å². The van der Waals surface area contributed by atoms with Crippen LogP contribution in [0.2, 0.25) is 0 Å². The van der Waals surface area contributed by atoms with E-state index in [0.29, 0.717) is 12.1 Å². The van der Waals surface area contributed by atoms with Gasteiger partial charge in [0.1, 0.15) is 0 Å². The molecule has 1 saturated heterocycles. The van der Waals surface area contributed by atoms with Crippen molar-refractivity contribution in [1.82, 2.24) is 15.6 Å². The van der Waals surface area contributed by atoms with Crippen molar-refractivity contribution in [3.8, 4) is 5.88 Å². The average Bonchev–Trinajstić information content (AvgIpc) is 2.46. The number of hydrogen-bond donors (Lipinski definition) is 2. The van der Waals surface area contributed by atoms with Crippen molar-refractivity contribution in [2.45, 2.75) is 25.1 Å². The fraction of sp³-hybridized carbons (Fsp3) is 0.538. The van der Waals surface area contributed by atoms with Gasteiger partial charge in [-0.05, 0) is 25.5 Å². The highest BCUT2D eigenvalue weighted by Gasteiger charge is 2.28. The minimum atomic E-state index is -4.41. The van der Waals surface area contributed by atoms with Crippen LogP contribution in [0.3, 0.4) is 0 Å². The van der Waals surface area contributed by atoms with Crippen LogP contribution in [0.25, 0.3) is 0 Å². The number of rotatable bonds is 4. The summed E-state index contributed by atoms with van der Waals surface area (Å²) in [5.41, 5.74) is 0.292. The highest BCUT2D eigenvalue weighted by Crippen LogP contribution is 2.17. The molecule has 1 fully saturated rings. The molecule has 1 aromatic rings. The number of aromatic nitrogens is 1. The Morgan fingerprint density at radius 2 is 2.29 bits per heavy atom. The van der Waals surface area contributed by atoms with Gasteiger partial charge in [-0.1, -0.05) is 0 Å². The van der Waals surface area contributed by atoms with Gasteiger partial charge in [-0.3, -0.25) is 4.79 Å². The van der Waals surface area contributed by atoms with Gasteiger partial charge in [-0.25, -0.2) is 4.98 Å². The number of hydrogen-bond acceptors (Lipinski definition) is 4. The maximum absolute atomic E-state index is 12.0. The minimum Gasteiger partial charge on any atom is -0.468 e. The Morgan fingerprint density at radius 1 is 1.48 bits per heavy atom. The van der Waals surface area contributed by atoms with Crippen LogP contribution < -0.4 is 15.4 Å². The van der Waals surface area contributed by atoms with Crippen molar-refractivity contribution in [3.63, 3.8) is 0 Å². The van der Waals surface area contributed by atoms with Gasteiger partial charge in [0.2, 0.25) is 5.88 Å². The number of ether oxygens (including phenoxy) is 1. The predicted octanol–water partition coefficient (Wildman–Crippen LogP) is 1.50. The van der Waals surface area contributed by atoms with Crippen LogP contribution in [-0.4, -0.2) is 42.8 Å². The Hall–Kier alpha value is -1.83. The Bertz CT molecular complexity index is 471. The van der Waals surface area contributed by atoms with Crippen molar-refractivity contribution in [2.75, 3.05) is 19.7 Å². The van der Waals surface area contributed by atoms with Gasteiger partial charge >= 0.3 is 6.18 Å². The molecule has 0 radical (unpaired) electrons. The number of nitrogens with one attached hydrogen (secondary N) is 2. The summed E-state index contributed by atoms with van der Waals surface area (Å²) in [6.07, 6.45) is -1.31. The molecule has 1 aliphatic rings. The third-order valence-electron chi connectivity index (χ3n) is 3.01. The first-order chi connectivity index (χ1) is 9.94. The molecule has 5 nitrogen and oxygen atoms in total. The monoisotopic (exact) mass is 303 g/mol. The van der Waals surface area contributed by atoms with Gasteiger partial charge in [-0.15, -0.1) is 0 Å². The molecule has 0 bridgehead atoms. The molecule has 116 valence electrons. The van der Waals surface area contributed by atoms with E-state index in [1.807, 2.05) is 0 Å². The summed E-state index contributed by atoms with van der Waals surface area (Å²) in [6, 6.07) is 2.71. The van der Waals surface area contributed by atoms with Crippen molar-refractivity contribution in [3.05, 3.63) is 23.9 Å². The van der Waals surface area contributed by atoms with Crippen molar-refractivity contribution in [1.29, 1.82) is 0 Å². The third kappa shape index (κ3) is 5.22. The van der Waals surface area contributed by atoms with Crippen LogP contribution in [0.5, 0.6) is 5.88 Å². The first kappa shape index (κ1) is 15.6. The van der Waals surface area contributed by atoms with Gasteiger partial charge in [-0.2, -0.15) is 13.2 Å². The Labute approximate surface area is 119 Å². The Balaban J connectivity index is 1.87. The summed E-state index contributed by atoms with van der Waals surface area (Å²) in [4.78, 5) is 15.6. The number of pyridine rings is 1. The van der Waals surface area contributed by atoms with Crippen molar-refractivity contribution >= 4 is 5.91 Å². The lowest BCUT2D eigenvalue weighted by molar-refractivity contribution is -0.154. The van der Waals surface area contributed by atoms with Crippen LogP contribution in [0.4, 0.5) is 13.2 Å². The summed E-state index contributed by atoms with van der Waals surface area (Å²) < 4.78 is 40.4. The third-order valence-corrected chi connectivity index (χ3v) is 3.01. The van der Waals surface area contributed by atoms with Gasteiger partial charge in [0, 0.05) is 24.8 Å². The van der Waals surface area contributed by atoms with Crippen LogP contribution in [-0.2, 0) is 0 Å². The molecule has 0 saturated carbocycles. The van der Waals surface area contributed by atoms with Crippen LogP contribution >= 0.6 is 0 Å². The Morgan fingerprint density at radius 3 is 2.86 bits per heavy atom. The zero-order valence-electron chi connectivity index (χ0n) is 11.2. The molecule has 1 aromatic heterocycles. The molecule has 1 amide bonds. The molecular formula is C13H16F3N3O2. The largest absolute Gasteiger partial charge is 0.468 e. The molecule has 0 unspecified atom stereocenters. The molecule has 0 aromatic carbocycles. The topological polar surface area (TPSA) is 63.2 Å². The number of amides is 1. The van der Waals surface area contributed by atoms with E-state index >= 15 is 0 Å². The number of carbonyl (C=O) groups excluding carboxylic acids is 1. The molecular weight excluding hydrogens is 287 g/mol. The molecule has 2 N–H and O–H groups in total. The minimum absolute atomic E-state index is 0.0624. The zero-order chi connectivity index (χ0) is 15.3. The molecule has 8 heteroatoms. The fourth-order valence-electron chi connectivity index (χ4n) is 2.00. The standard InChI is InChI=1S/C13H16F3N3O2/c14-13(15,16)8-21-11-4-3-9(6-18-11)12(20)19-10-2-1-5-17-7-10/h3-4,6,10,17H,1-2,5,7-8H2,(H,19,20)/t10-/m0/s1. The number of halogens is 3. The number of nitrogens with zero attached hydrogens (tertiary/aromatic N) is 1. The highest BCUT2D eigenvalue weighted by molar-refractivity contribution is 5.94. The number of alkyl halides is 3. The SMILES string of the molecule is O=C(N[C@H]1CCCNC1)c1ccc(OCC(F)(F)F)nc1. The predicted molar refractivity (Wildman–Crippen MR) is 69.1 cm³/mol. The normalized spacial score (nSPS) is 19.1. The summed E-state index contributed by atoms with van der Waals surface area (Å²) in [5, 5.41) is 6.02. The highest BCUT2D eigenvalue weighted by atomic mass is 19.4. The molecule has 1 aliphatic heterocycles. The average molecular weight is 303 g/mol. The lowest BCUT2D eigenvalue weighted by Crippen LogP contribution is -2.45. The second-order valence-electron chi connectivity index (χ2n) is 4.81. The van der Waals surface area contributed by atoms with E-state index in [0.717, 1.165) is 19.4 Å². The first-order valence-corrected chi connectivity index (χ1v) is 6.61. The molecule has 0 aliphatic carbocycles. The molecule has 21 heavy (non-hydrogen) atoms. The summed E-state index contributed by atoms with van der Waals surface area (Å²) in [5.74, 6) is -0.457. The van der Waals surface area contributed by atoms with Crippen molar-refractivity contribution in [2.24, 2.45) is 0 Å². The van der Waals surface area contributed by atoms with E-state index in [-0.39, 0.29) is 17.8 Å². The summed E-state index contributed by atoms with van der Waals surface area (Å²) >= 11 is 0. The lowest BCUT2D eigenvalue weighted by Gasteiger charge is -2.23. The van der Waals surface area contributed by atoms with Crippen molar-refractivity contribution < 1.29 is 22.7 Å². The first-order valence-electron chi connectivity index (χ1n) is 6.61.